The quantitative estimate of drug-likeness (QED) is 0.649. The lowest BCUT2D eigenvalue weighted by Crippen LogP contribution is -2.26. The number of carbonyl (C=O) groups is 1. The number of nitrogens with two attached hydrogens (primary N) is 1. The molecule has 1 rings (SSSR count). The minimum Gasteiger partial charge on any atom is -0.379 e. The van der Waals surface area contributed by atoms with Crippen molar-refractivity contribution in [2.45, 2.75) is 12.8 Å². The number of hydrogen-bond donors (Lipinski definition) is 2. The molecule has 0 spiro atoms. The van der Waals surface area contributed by atoms with Crippen molar-refractivity contribution in [1.29, 1.82) is 0 Å². The molecular formula is C9H17N5O2. The molecule has 0 radical (unpaired) electrons. The molecule has 3 N–H and O–H groups in total. The first-order valence-corrected chi connectivity index (χ1v) is 5.12. The van der Waals surface area contributed by atoms with E-state index < -0.39 is 0 Å². The smallest absolute Gasteiger partial charge is 0.277 e. The Bertz CT molecular complexity index is 336. The number of carbonyl (C=O) groups excluding carboxylic acids is 1. The third-order valence-corrected chi connectivity index (χ3v) is 2.05. The molecule has 0 atom stereocenters. The maximum Gasteiger partial charge on any atom is 0.277 e. The van der Waals surface area contributed by atoms with Crippen molar-refractivity contribution in [2.24, 2.45) is 0 Å². The van der Waals surface area contributed by atoms with Crippen molar-refractivity contribution in [3.8, 4) is 0 Å². The van der Waals surface area contributed by atoms with Crippen LogP contribution >= 0.6 is 0 Å². The van der Waals surface area contributed by atoms with E-state index in [1.165, 1.54) is 0 Å². The summed E-state index contributed by atoms with van der Waals surface area (Å²) in [6.07, 6.45) is 1.94. The first-order chi connectivity index (χ1) is 7.61. The van der Waals surface area contributed by atoms with Crippen molar-refractivity contribution >= 4 is 11.7 Å². The van der Waals surface area contributed by atoms with Gasteiger partial charge in [0.15, 0.2) is 0 Å². The minimum atomic E-state index is -0.344. The Labute approximate surface area is 93.9 Å². The van der Waals surface area contributed by atoms with Crippen LogP contribution in [-0.2, 0) is 0 Å². The number of nitrogens with zero attached hydrogens (tertiary/aromatic N) is 3. The van der Waals surface area contributed by atoms with Gasteiger partial charge in [-0.1, -0.05) is 0 Å². The van der Waals surface area contributed by atoms with Crippen LogP contribution in [0, 0.1) is 0 Å². The predicted octanol–water partition coefficient (Wildman–Crippen LogP) is -0.277. The van der Waals surface area contributed by atoms with E-state index >= 15 is 0 Å². The Morgan fingerprint density at radius 2 is 2.19 bits per heavy atom. The maximum atomic E-state index is 11.5. The van der Waals surface area contributed by atoms with Gasteiger partial charge in [-0.3, -0.25) is 4.79 Å². The summed E-state index contributed by atoms with van der Waals surface area (Å²) in [7, 11) is 4.03. The molecule has 16 heavy (non-hydrogen) atoms. The van der Waals surface area contributed by atoms with Crippen LogP contribution in [0.5, 0.6) is 0 Å². The molecule has 0 saturated heterocycles. The minimum absolute atomic E-state index is 0.0193. The first kappa shape index (κ1) is 12.4. The van der Waals surface area contributed by atoms with Gasteiger partial charge in [-0.15, -0.1) is 0 Å². The fraction of sp³-hybridized carbons (Fsp3) is 0.667. The molecule has 7 heteroatoms. The molecular weight excluding hydrogens is 210 g/mol. The van der Waals surface area contributed by atoms with Crippen LogP contribution in [0.15, 0.2) is 4.63 Å². The Balaban J connectivity index is 2.19. The predicted molar refractivity (Wildman–Crippen MR) is 58.8 cm³/mol. The van der Waals surface area contributed by atoms with Crippen LogP contribution in [0.3, 0.4) is 0 Å². The number of nitrogen functional groups attached to an aromatic ring is 1. The van der Waals surface area contributed by atoms with Crippen LogP contribution in [0.1, 0.15) is 23.3 Å². The van der Waals surface area contributed by atoms with E-state index in [2.05, 4.69) is 25.2 Å². The van der Waals surface area contributed by atoms with Gasteiger partial charge in [0.1, 0.15) is 0 Å². The highest BCUT2D eigenvalue weighted by Crippen LogP contribution is 2.03. The summed E-state index contributed by atoms with van der Waals surface area (Å²) in [4.78, 5) is 13.6. The average Bonchev–Trinajstić information content (AvgIpc) is 2.63. The normalized spacial score (nSPS) is 10.7. The lowest BCUT2D eigenvalue weighted by atomic mass is 10.3. The van der Waals surface area contributed by atoms with E-state index in [0.717, 1.165) is 19.4 Å². The molecule has 0 aliphatic rings. The molecule has 0 aliphatic carbocycles. The van der Waals surface area contributed by atoms with E-state index in [0.29, 0.717) is 6.54 Å². The highest BCUT2D eigenvalue weighted by molar-refractivity contribution is 5.95. The molecule has 1 amide bonds. The van der Waals surface area contributed by atoms with Crippen molar-refractivity contribution in [2.75, 3.05) is 32.9 Å². The number of rotatable bonds is 6. The Kier molecular flexibility index (Phi) is 4.71. The number of aromatic nitrogens is 2. The van der Waals surface area contributed by atoms with Gasteiger partial charge >= 0.3 is 0 Å². The molecule has 1 aromatic heterocycles. The van der Waals surface area contributed by atoms with Gasteiger partial charge in [0.05, 0.1) is 0 Å². The van der Waals surface area contributed by atoms with Crippen LogP contribution in [0.2, 0.25) is 0 Å². The summed E-state index contributed by atoms with van der Waals surface area (Å²) in [6.45, 7) is 1.60. The van der Waals surface area contributed by atoms with E-state index in [1.54, 1.807) is 0 Å². The van der Waals surface area contributed by atoms with Gasteiger partial charge in [-0.25, -0.2) is 4.63 Å². The third-order valence-electron chi connectivity index (χ3n) is 2.05. The third kappa shape index (κ3) is 3.85. The summed E-state index contributed by atoms with van der Waals surface area (Å²) in [5, 5.41) is 9.44. The van der Waals surface area contributed by atoms with E-state index in [1.807, 2.05) is 14.1 Å². The molecule has 7 nitrogen and oxygen atoms in total. The van der Waals surface area contributed by atoms with Crippen molar-refractivity contribution in [3.63, 3.8) is 0 Å². The molecule has 90 valence electrons. The van der Waals surface area contributed by atoms with Gasteiger partial charge in [0, 0.05) is 6.54 Å². The first-order valence-electron chi connectivity index (χ1n) is 5.12. The van der Waals surface area contributed by atoms with Crippen LogP contribution in [0.4, 0.5) is 5.82 Å². The Morgan fingerprint density at radius 1 is 1.44 bits per heavy atom. The summed E-state index contributed by atoms with van der Waals surface area (Å²) in [5.41, 5.74) is 5.43. The molecule has 0 fully saturated rings. The molecule has 0 saturated carbocycles. The van der Waals surface area contributed by atoms with Gasteiger partial charge in [0.2, 0.25) is 11.5 Å². The topological polar surface area (TPSA) is 97.3 Å². The fourth-order valence-electron chi connectivity index (χ4n) is 1.19. The van der Waals surface area contributed by atoms with Crippen LogP contribution < -0.4 is 11.1 Å². The lowest BCUT2D eigenvalue weighted by molar-refractivity contribution is 0.0943. The van der Waals surface area contributed by atoms with Crippen LogP contribution in [-0.4, -0.2) is 48.3 Å². The monoisotopic (exact) mass is 227 g/mol. The SMILES string of the molecule is CN(C)CCCCNC(=O)c1nonc1N. The standard InChI is InChI=1S/C9H17N5O2/c1-14(2)6-4-3-5-11-9(15)7-8(10)13-16-12-7/h3-6H2,1-2H3,(H2,10,13)(H,11,15). The van der Waals surface area contributed by atoms with Crippen LogP contribution in [0.25, 0.3) is 0 Å². The van der Waals surface area contributed by atoms with Gasteiger partial charge in [0.25, 0.3) is 5.91 Å². The van der Waals surface area contributed by atoms with Gasteiger partial charge in [-0.2, -0.15) is 0 Å². The number of anilines is 1. The van der Waals surface area contributed by atoms with E-state index in [-0.39, 0.29) is 17.4 Å². The van der Waals surface area contributed by atoms with Crippen molar-refractivity contribution < 1.29 is 9.42 Å². The summed E-state index contributed by atoms with van der Waals surface area (Å²) < 4.78 is 4.33. The summed E-state index contributed by atoms with van der Waals surface area (Å²) in [6, 6.07) is 0. The van der Waals surface area contributed by atoms with Gasteiger partial charge < -0.3 is 16.0 Å². The molecule has 0 bridgehead atoms. The highest BCUT2D eigenvalue weighted by atomic mass is 16.6. The summed E-state index contributed by atoms with van der Waals surface area (Å²) >= 11 is 0. The zero-order valence-electron chi connectivity index (χ0n) is 9.56. The van der Waals surface area contributed by atoms with Crippen molar-refractivity contribution in [3.05, 3.63) is 5.69 Å². The molecule has 0 unspecified atom stereocenters. The molecule has 1 aromatic rings. The molecule has 0 aliphatic heterocycles. The maximum absolute atomic E-state index is 11.5. The fourth-order valence-corrected chi connectivity index (χ4v) is 1.19. The second-order valence-corrected chi connectivity index (χ2v) is 3.76. The molecule has 1 heterocycles. The number of amides is 1. The lowest BCUT2D eigenvalue weighted by Gasteiger charge is -2.08. The van der Waals surface area contributed by atoms with E-state index in [4.69, 9.17) is 5.73 Å². The number of nitrogens with one attached hydrogen (secondary N) is 1. The zero-order valence-corrected chi connectivity index (χ0v) is 9.56. The van der Waals surface area contributed by atoms with Gasteiger partial charge in [-0.05, 0) is 43.8 Å². The average molecular weight is 227 g/mol. The second kappa shape index (κ2) is 6.06. The largest absolute Gasteiger partial charge is 0.379 e. The number of unbranched alkanes of at least 4 members (excludes halogenated alkanes) is 1. The summed E-state index contributed by atoms with van der Waals surface area (Å²) in [5.74, 6) is -0.325. The van der Waals surface area contributed by atoms with E-state index in [9.17, 15) is 4.79 Å². The highest BCUT2D eigenvalue weighted by Gasteiger charge is 2.14. The Morgan fingerprint density at radius 3 is 2.75 bits per heavy atom. The second-order valence-electron chi connectivity index (χ2n) is 3.76. The Hall–Kier alpha value is -1.63. The molecule has 0 aromatic carbocycles. The number of hydrogen-bond acceptors (Lipinski definition) is 6. The van der Waals surface area contributed by atoms with Crippen molar-refractivity contribution in [1.82, 2.24) is 20.5 Å². The zero-order chi connectivity index (χ0) is 12.0.